The van der Waals surface area contributed by atoms with Crippen LogP contribution in [0.3, 0.4) is 0 Å². The molecule has 0 unspecified atom stereocenters. The molecule has 0 aromatic heterocycles. The van der Waals surface area contributed by atoms with Crippen LogP contribution < -0.4 is 0 Å². The second-order valence-corrected chi connectivity index (χ2v) is 4.98. The van der Waals surface area contributed by atoms with E-state index in [9.17, 15) is 4.79 Å². The fourth-order valence-electron chi connectivity index (χ4n) is 1.57. The fraction of sp³-hybridized carbons (Fsp3) is 0.357. The molecule has 0 spiro atoms. The molecule has 0 saturated carbocycles. The molecule has 0 aliphatic heterocycles. The molecule has 0 bridgehead atoms. The van der Waals surface area contributed by atoms with Gasteiger partial charge in [-0.25, -0.2) is 0 Å². The first-order chi connectivity index (χ1) is 8.06. The largest absolute Gasteiger partial charge is 0.342 e. The Kier molecular flexibility index (Phi) is 5.42. The van der Waals surface area contributed by atoms with Crippen molar-refractivity contribution in [3.63, 3.8) is 0 Å². The Morgan fingerprint density at radius 1 is 1.53 bits per heavy atom. The van der Waals surface area contributed by atoms with E-state index in [1.807, 2.05) is 38.2 Å². The molecule has 0 N–H and O–H groups in total. The number of hydrogen-bond donors (Lipinski definition) is 0. The minimum absolute atomic E-state index is 0.0738. The van der Waals surface area contributed by atoms with Gasteiger partial charge in [0.05, 0.1) is 0 Å². The lowest BCUT2D eigenvalue weighted by molar-refractivity contribution is 0.0793. The van der Waals surface area contributed by atoms with Gasteiger partial charge >= 0.3 is 0 Å². The maximum atomic E-state index is 12.1. The van der Waals surface area contributed by atoms with Crippen molar-refractivity contribution >= 4 is 21.8 Å². The average molecular weight is 296 g/mol. The highest BCUT2D eigenvalue weighted by Gasteiger charge is 2.11. The lowest BCUT2D eigenvalue weighted by atomic mass is 10.1. The number of allylic oxidation sites excluding steroid dienone is 1. The van der Waals surface area contributed by atoms with Crippen LogP contribution in [0.2, 0.25) is 0 Å². The van der Waals surface area contributed by atoms with Crippen molar-refractivity contribution in [3.8, 4) is 0 Å². The molecular weight excluding hydrogens is 278 g/mol. The summed E-state index contributed by atoms with van der Waals surface area (Å²) in [6.07, 6.45) is 3.78. The molecule has 3 heteroatoms. The number of carbonyl (C=O) groups excluding carboxylic acids is 1. The van der Waals surface area contributed by atoms with Crippen LogP contribution >= 0.6 is 15.9 Å². The molecule has 1 aromatic carbocycles. The Labute approximate surface area is 111 Å². The minimum Gasteiger partial charge on any atom is -0.342 e. The molecule has 92 valence electrons. The molecule has 17 heavy (non-hydrogen) atoms. The Balaban J connectivity index is 2.68. The number of benzene rings is 1. The number of halogens is 1. The maximum Gasteiger partial charge on any atom is 0.253 e. The van der Waals surface area contributed by atoms with Gasteiger partial charge in [-0.05, 0) is 43.5 Å². The summed E-state index contributed by atoms with van der Waals surface area (Å²) in [5.41, 5.74) is 1.82. The summed E-state index contributed by atoms with van der Waals surface area (Å²) in [4.78, 5) is 13.8. The van der Waals surface area contributed by atoms with Crippen LogP contribution in [0.25, 0.3) is 0 Å². The summed E-state index contributed by atoms with van der Waals surface area (Å²) in [5, 5.41) is 0. The fourth-order valence-corrected chi connectivity index (χ4v) is 1.82. The van der Waals surface area contributed by atoms with E-state index in [0.29, 0.717) is 0 Å². The average Bonchev–Trinajstić information content (AvgIpc) is 2.32. The van der Waals surface area contributed by atoms with Gasteiger partial charge in [0.2, 0.25) is 0 Å². The number of rotatable bonds is 5. The first-order valence-electron chi connectivity index (χ1n) is 5.68. The van der Waals surface area contributed by atoms with E-state index in [2.05, 4.69) is 22.5 Å². The van der Waals surface area contributed by atoms with Crippen molar-refractivity contribution in [2.24, 2.45) is 0 Å². The highest BCUT2D eigenvalue weighted by Crippen LogP contribution is 2.18. The summed E-state index contributed by atoms with van der Waals surface area (Å²) in [6, 6.07) is 5.68. The van der Waals surface area contributed by atoms with Crippen molar-refractivity contribution < 1.29 is 4.79 Å². The van der Waals surface area contributed by atoms with Crippen LogP contribution in [0.5, 0.6) is 0 Å². The van der Waals surface area contributed by atoms with Gasteiger partial charge in [-0.2, -0.15) is 0 Å². The van der Waals surface area contributed by atoms with Gasteiger partial charge < -0.3 is 4.90 Å². The van der Waals surface area contributed by atoms with Crippen LogP contribution in [0.1, 0.15) is 28.8 Å². The molecule has 0 atom stereocenters. The number of amides is 1. The SMILES string of the molecule is C=CCCCN(C)C(=O)c1ccc(Br)c(C)c1. The van der Waals surface area contributed by atoms with Gasteiger partial charge in [0.1, 0.15) is 0 Å². The molecule has 1 amide bonds. The summed E-state index contributed by atoms with van der Waals surface area (Å²) in [6.45, 7) is 6.42. The first-order valence-corrected chi connectivity index (χ1v) is 6.48. The van der Waals surface area contributed by atoms with Crippen molar-refractivity contribution in [1.82, 2.24) is 4.90 Å². The number of nitrogens with zero attached hydrogens (tertiary/aromatic N) is 1. The second-order valence-electron chi connectivity index (χ2n) is 4.12. The maximum absolute atomic E-state index is 12.1. The molecule has 0 aliphatic carbocycles. The van der Waals surface area contributed by atoms with Crippen LogP contribution in [0.15, 0.2) is 35.3 Å². The zero-order valence-corrected chi connectivity index (χ0v) is 12.0. The summed E-state index contributed by atoms with van der Waals surface area (Å²) >= 11 is 3.43. The molecule has 1 rings (SSSR count). The van der Waals surface area contributed by atoms with E-state index in [-0.39, 0.29) is 5.91 Å². The third kappa shape index (κ3) is 4.00. The molecule has 0 saturated heterocycles. The predicted molar refractivity (Wildman–Crippen MR) is 75.3 cm³/mol. The van der Waals surface area contributed by atoms with Gasteiger partial charge in [-0.3, -0.25) is 4.79 Å². The van der Waals surface area contributed by atoms with Crippen LogP contribution in [-0.4, -0.2) is 24.4 Å². The van der Waals surface area contributed by atoms with Gasteiger partial charge in [0.25, 0.3) is 5.91 Å². The van der Waals surface area contributed by atoms with E-state index < -0.39 is 0 Å². The number of carbonyl (C=O) groups is 1. The summed E-state index contributed by atoms with van der Waals surface area (Å²) in [5.74, 6) is 0.0738. The smallest absolute Gasteiger partial charge is 0.253 e. The molecular formula is C14H18BrNO. The van der Waals surface area contributed by atoms with E-state index in [1.54, 1.807) is 4.90 Å². The van der Waals surface area contributed by atoms with Gasteiger partial charge in [0.15, 0.2) is 0 Å². The second kappa shape index (κ2) is 6.60. The van der Waals surface area contributed by atoms with Gasteiger partial charge in [-0.15, -0.1) is 6.58 Å². The van der Waals surface area contributed by atoms with Crippen LogP contribution in [0.4, 0.5) is 0 Å². The Morgan fingerprint density at radius 3 is 2.82 bits per heavy atom. The van der Waals surface area contributed by atoms with E-state index >= 15 is 0 Å². The van der Waals surface area contributed by atoms with E-state index in [4.69, 9.17) is 0 Å². The number of unbranched alkanes of at least 4 members (excludes halogenated alkanes) is 1. The Hall–Kier alpha value is -1.09. The molecule has 0 radical (unpaired) electrons. The number of aryl methyl sites for hydroxylation is 1. The zero-order chi connectivity index (χ0) is 12.8. The van der Waals surface area contributed by atoms with Crippen molar-refractivity contribution in [3.05, 3.63) is 46.5 Å². The van der Waals surface area contributed by atoms with Crippen LogP contribution in [-0.2, 0) is 0 Å². The van der Waals surface area contributed by atoms with E-state index in [0.717, 1.165) is 35.0 Å². The Morgan fingerprint density at radius 2 is 2.24 bits per heavy atom. The normalized spacial score (nSPS) is 10.1. The highest BCUT2D eigenvalue weighted by atomic mass is 79.9. The standard InChI is InChI=1S/C14H18BrNO/c1-4-5-6-9-16(3)14(17)12-7-8-13(15)11(2)10-12/h4,7-8,10H,1,5-6,9H2,2-3H3. The molecule has 0 heterocycles. The zero-order valence-electron chi connectivity index (χ0n) is 10.4. The summed E-state index contributed by atoms with van der Waals surface area (Å²) < 4.78 is 1.03. The van der Waals surface area contributed by atoms with Crippen LogP contribution in [0, 0.1) is 6.92 Å². The first kappa shape index (κ1) is 14.0. The van der Waals surface area contributed by atoms with Crippen molar-refractivity contribution in [1.29, 1.82) is 0 Å². The van der Waals surface area contributed by atoms with E-state index in [1.165, 1.54) is 0 Å². The topological polar surface area (TPSA) is 20.3 Å². The van der Waals surface area contributed by atoms with Crippen molar-refractivity contribution in [2.75, 3.05) is 13.6 Å². The third-order valence-corrected chi connectivity index (χ3v) is 3.54. The quantitative estimate of drug-likeness (QED) is 0.598. The minimum atomic E-state index is 0.0738. The van der Waals surface area contributed by atoms with Gasteiger partial charge in [0, 0.05) is 23.6 Å². The molecule has 1 aromatic rings. The predicted octanol–water partition coefficient (Wildman–Crippen LogP) is 3.80. The lowest BCUT2D eigenvalue weighted by Gasteiger charge is -2.17. The molecule has 0 aliphatic rings. The van der Waals surface area contributed by atoms with Gasteiger partial charge in [-0.1, -0.05) is 22.0 Å². The number of hydrogen-bond acceptors (Lipinski definition) is 1. The molecule has 0 fully saturated rings. The lowest BCUT2D eigenvalue weighted by Crippen LogP contribution is -2.27. The third-order valence-electron chi connectivity index (χ3n) is 2.65. The monoisotopic (exact) mass is 295 g/mol. The highest BCUT2D eigenvalue weighted by molar-refractivity contribution is 9.10. The molecule has 2 nitrogen and oxygen atoms in total. The van der Waals surface area contributed by atoms with Crippen molar-refractivity contribution in [2.45, 2.75) is 19.8 Å². The Bertz CT molecular complexity index is 415. The summed E-state index contributed by atoms with van der Waals surface area (Å²) in [7, 11) is 1.84.